The van der Waals surface area contributed by atoms with Gasteiger partial charge in [0, 0.05) is 36.8 Å². The van der Waals surface area contributed by atoms with E-state index in [1.807, 2.05) is 11.0 Å². The second kappa shape index (κ2) is 11.5. The second-order valence-electron chi connectivity index (χ2n) is 9.97. The highest BCUT2D eigenvalue weighted by Gasteiger charge is 2.32. The summed E-state index contributed by atoms with van der Waals surface area (Å²) >= 11 is 0. The molecule has 1 aliphatic carbocycles. The van der Waals surface area contributed by atoms with Gasteiger partial charge in [-0.15, -0.1) is 13.2 Å². The molecule has 0 spiro atoms. The van der Waals surface area contributed by atoms with E-state index in [-0.39, 0.29) is 29.7 Å². The van der Waals surface area contributed by atoms with Gasteiger partial charge in [0.2, 0.25) is 0 Å². The molecular formula is C28H29F4N5O2. The van der Waals surface area contributed by atoms with Crippen LogP contribution in [0.4, 0.5) is 29.3 Å². The summed E-state index contributed by atoms with van der Waals surface area (Å²) in [7, 11) is 0. The second-order valence-corrected chi connectivity index (χ2v) is 9.97. The van der Waals surface area contributed by atoms with Crippen molar-refractivity contribution in [1.82, 2.24) is 10.3 Å². The maximum Gasteiger partial charge on any atom is 0.573 e. The summed E-state index contributed by atoms with van der Waals surface area (Å²) in [6, 6.07) is 12.8. The number of hydrogen-bond donors (Lipinski definition) is 2. The monoisotopic (exact) mass is 543 g/mol. The number of nitrogens with one attached hydrogen (secondary N) is 2. The van der Waals surface area contributed by atoms with Crippen molar-refractivity contribution in [2.75, 3.05) is 23.3 Å². The van der Waals surface area contributed by atoms with Gasteiger partial charge in [-0.3, -0.25) is 0 Å². The first-order valence-electron chi connectivity index (χ1n) is 13.1. The highest BCUT2D eigenvalue weighted by Crippen LogP contribution is 2.30. The lowest BCUT2D eigenvalue weighted by Gasteiger charge is -2.40. The minimum atomic E-state index is -4.74. The highest BCUT2D eigenvalue weighted by atomic mass is 19.4. The van der Waals surface area contributed by atoms with Crippen LogP contribution in [0.5, 0.6) is 5.75 Å². The van der Waals surface area contributed by atoms with E-state index in [1.54, 1.807) is 18.3 Å². The Kier molecular flexibility index (Phi) is 7.93. The number of benzene rings is 2. The van der Waals surface area contributed by atoms with Crippen LogP contribution in [-0.2, 0) is 0 Å². The molecule has 2 aromatic carbocycles. The molecule has 2 heterocycles. The van der Waals surface area contributed by atoms with E-state index in [0.717, 1.165) is 45.1 Å². The number of rotatable bonds is 7. The van der Waals surface area contributed by atoms with Gasteiger partial charge in [-0.1, -0.05) is 12.8 Å². The maximum absolute atomic E-state index is 14.6. The predicted octanol–water partition coefficient (Wildman–Crippen LogP) is 6.23. The number of ether oxygens (including phenoxy) is 1. The molecule has 1 aromatic heterocycles. The first kappa shape index (κ1) is 26.8. The fourth-order valence-corrected chi connectivity index (χ4v) is 5.42. The Hall–Kier alpha value is -3.78. The Morgan fingerprint density at radius 2 is 1.79 bits per heavy atom. The minimum Gasteiger partial charge on any atom is -0.424 e. The molecule has 7 nitrogen and oxygen atoms in total. The highest BCUT2D eigenvalue weighted by molar-refractivity contribution is 5.58. The lowest BCUT2D eigenvalue weighted by atomic mass is 9.89. The lowest BCUT2D eigenvalue weighted by Crippen LogP contribution is -2.55. The Morgan fingerprint density at radius 3 is 2.51 bits per heavy atom. The van der Waals surface area contributed by atoms with Crippen molar-refractivity contribution in [1.29, 1.82) is 5.26 Å². The Bertz CT molecular complexity index is 1300. The van der Waals surface area contributed by atoms with Gasteiger partial charge in [-0.05, 0) is 68.1 Å². The number of piperidine rings is 1. The van der Waals surface area contributed by atoms with E-state index in [1.165, 1.54) is 30.3 Å². The first-order chi connectivity index (χ1) is 18.8. The summed E-state index contributed by atoms with van der Waals surface area (Å²) in [5.74, 6) is -0.249. The molecule has 2 N–H and O–H groups in total. The number of anilines is 2. The van der Waals surface area contributed by atoms with Crippen molar-refractivity contribution >= 4 is 11.7 Å². The number of oxazole rings is 1. The molecule has 39 heavy (non-hydrogen) atoms. The molecule has 2 fully saturated rings. The lowest BCUT2D eigenvalue weighted by molar-refractivity contribution is -0.274. The predicted molar refractivity (Wildman–Crippen MR) is 138 cm³/mol. The summed E-state index contributed by atoms with van der Waals surface area (Å²) in [5, 5.41) is 16.2. The van der Waals surface area contributed by atoms with Gasteiger partial charge in [0.05, 0.1) is 23.5 Å². The van der Waals surface area contributed by atoms with Gasteiger partial charge in [-0.25, -0.2) is 9.37 Å². The third-order valence-corrected chi connectivity index (χ3v) is 7.24. The fraction of sp³-hybridized carbons (Fsp3) is 0.429. The molecular weight excluding hydrogens is 514 g/mol. The first-order valence-corrected chi connectivity index (χ1v) is 13.1. The molecule has 0 amide bonds. The van der Waals surface area contributed by atoms with E-state index in [9.17, 15) is 17.6 Å². The largest absolute Gasteiger partial charge is 0.573 e. The molecule has 0 radical (unpaired) electrons. The molecule has 2 aliphatic rings. The molecule has 5 rings (SSSR count). The van der Waals surface area contributed by atoms with Crippen LogP contribution in [0.15, 0.2) is 53.1 Å². The van der Waals surface area contributed by atoms with Crippen LogP contribution in [0, 0.1) is 17.1 Å². The number of hydrogen-bond acceptors (Lipinski definition) is 7. The van der Waals surface area contributed by atoms with Crippen LogP contribution < -0.4 is 20.3 Å². The zero-order chi connectivity index (χ0) is 27.4. The van der Waals surface area contributed by atoms with Crippen LogP contribution >= 0.6 is 0 Å². The van der Waals surface area contributed by atoms with Crippen LogP contribution in [0.3, 0.4) is 0 Å². The average Bonchev–Trinajstić information content (AvgIpc) is 3.38. The molecule has 3 atom stereocenters. The molecule has 206 valence electrons. The van der Waals surface area contributed by atoms with Crippen molar-refractivity contribution in [2.45, 2.75) is 63.0 Å². The Balaban J connectivity index is 1.21. The summed E-state index contributed by atoms with van der Waals surface area (Å²) in [6.07, 6.45) is 2.78. The SMILES string of the molecule is N#Cc1ccc(N2CCC[C@H](N[C@@H]3CCCC[C@H]3Nc3ncc(-c4ccc(OC(F)(F)F)cc4)o3)C2)c(F)c1. The van der Waals surface area contributed by atoms with Crippen LogP contribution in [0.2, 0.25) is 0 Å². The number of nitriles is 1. The Labute approximate surface area is 223 Å². The summed E-state index contributed by atoms with van der Waals surface area (Å²) in [4.78, 5) is 6.37. The van der Waals surface area contributed by atoms with Crippen LogP contribution in [0.25, 0.3) is 11.3 Å². The minimum absolute atomic E-state index is 0.0786. The number of nitrogens with zero attached hydrogens (tertiary/aromatic N) is 3. The van der Waals surface area contributed by atoms with E-state index < -0.39 is 6.36 Å². The van der Waals surface area contributed by atoms with E-state index in [4.69, 9.17) is 9.68 Å². The molecule has 0 unspecified atom stereocenters. The third-order valence-electron chi connectivity index (χ3n) is 7.24. The van der Waals surface area contributed by atoms with E-state index in [2.05, 4.69) is 20.4 Å². The maximum atomic E-state index is 14.6. The van der Waals surface area contributed by atoms with Gasteiger partial charge in [0.1, 0.15) is 11.6 Å². The molecule has 3 aromatic rings. The topological polar surface area (TPSA) is 86.4 Å². The summed E-state index contributed by atoms with van der Waals surface area (Å²) in [6.45, 7) is 1.43. The summed E-state index contributed by atoms with van der Waals surface area (Å²) < 4.78 is 61.7. The number of aromatic nitrogens is 1. The molecule has 0 bridgehead atoms. The van der Waals surface area contributed by atoms with Crippen LogP contribution in [0.1, 0.15) is 44.1 Å². The Morgan fingerprint density at radius 1 is 1.03 bits per heavy atom. The molecule has 11 heteroatoms. The van der Waals surface area contributed by atoms with Crippen molar-refractivity contribution < 1.29 is 26.7 Å². The smallest absolute Gasteiger partial charge is 0.424 e. The third kappa shape index (κ3) is 6.81. The van der Waals surface area contributed by atoms with Gasteiger partial charge >= 0.3 is 6.36 Å². The summed E-state index contributed by atoms with van der Waals surface area (Å²) in [5.41, 5.74) is 1.41. The standard InChI is InChI=1S/C28H29F4N5O2/c29-22-14-18(15-33)7-12-25(22)37-13-3-4-20(17-37)35-23-5-1-2-6-24(23)36-27-34-16-26(38-27)19-8-10-21(11-9-19)39-28(30,31)32/h7-12,14,16,20,23-24,35H,1-6,13,17H2,(H,34,36)/t20-,23+,24+/m0/s1. The van der Waals surface area contributed by atoms with Crippen molar-refractivity contribution in [2.24, 2.45) is 0 Å². The zero-order valence-electron chi connectivity index (χ0n) is 21.2. The van der Waals surface area contributed by atoms with Gasteiger partial charge in [0.25, 0.3) is 6.01 Å². The molecule has 1 aliphatic heterocycles. The fourth-order valence-electron chi connectivity index (χ4n) is 5.42. The molecule has 1 saturated carbocycles. The number of alkyl halides is 3. The van der Waals surface area contributed by atoms with E-state index >= 15 is 0 Å². The van der Waals surface area contributed by atoms with Gasteiger partial charge in [-0.2, -0.15) is 5.26 Å². The van der Waals surface area contributed by atoms with Crippen molar-refractivity contribution in [3.8, 4) is 23.1 Å². The van der Waals surface area contributed by atoms with Crippen LogP contribution in [-0.4, -0.2) is 42.6 Å². The zero-order valence-corrected chi connectivity index (χ0v) is 21.2. The van der Waals surface area contributed by atoms with E-state index in [0.29, 0.717) is 35.1 Å². The van der Waals surface area contributed by atoms with Gasteiger partial charge in [0.15, 0.2) is 5.76 Å². The average molecular weight is 544 g/mol. The van der Waals surface area contributed by atoms with Crippen molar-refractivity contribution in [3.63, 3.8) is 0 Å². The van der Waals surface area contributed by atoms with Gasteiger partial charge < -0.3 is 24.7 Å². The van der Waals surface area contributed by atoms with Crippen molar-refractivity contribution in [3.05, 3.63) is 60.0 Å². The quantitative estimate of drug-likeness (QED) is 0.342. The molecule has 1 saturated heterocycles. The number of halogens is 4. The normalized spacial score (nSPS) is 21.8.